The van der Waals surface area contributed by atoms with Crippen molar-refractivity contribution >= 4 is 11.6 Å². The van der Waals surface area contributed by atoms with Gasteiger partial charge in [0.15, 0.2) is 0 Å². The van der Waals surface area contributed by atoms with Crippen molar-refractivity contribution in [3.63, 3.8) is 0 Å². The summed E-state index contributed by atoms with van der Waals surface area (Å²) < 4.78 is 0. The Morgan fingerprint density at radius 2 is 1.71 bits per heavy atom. The largest absolute Gasteiger partial charge is 0.366 e. The highest BCUT2D eigenvalue weighted by atomic mass is 16.6. The fourth-order valence-corrected chi connectivity index (χ4v) is 1.97. The summed E-state index contributed by atoms with van der Waals surface area (Å²) >= 11 is 0. The van der Waals surface area contributed by atoms with Gasteiger partial charge in [-0.25, -0.2) is 0 Å². The summed E-state index contributed by atoms with van der Waals surface area (Å²) in [5, 5.41) is 13.9. The highest BCUT2D eigenvalue weighted by Crippen LogP contribution is 2.13. The minimum atomic E-state index is -0.462. The van der Waals surface area contributed by atoms with Crippen molar-refractivity contribution in [1.82, 2.24) is 5.32 Å². The van der Waals surface area contributed by atoms with Crippen LogP contribution in [0.1, 0.15) is 21.5 Å². The number of nitro groups is 1. The Balaban J connectivity index is 1.95. The Morgan fingerprint density at radius 1 is 1.10 bits per heavy atom. The number of hydrogen-bond acceptors (Lipinski definition) is 4. The van der Waals surface area contributed by atoms with Crippen LogP contribution in [0.25, 0.3) is 0 Å². The average Bonchev–Trinajstić information content (AvgIpc) is 2.48. The van der Waals surface area contributed by atoms with Crippen LogP contribution in [-0.2, 0) is 13.1 Å². The maximum Gasteiger partial charge on any atom is 0.269 e. The minimum Gasteiger partial charge on any atom is -0.366 e. The van der Waals surface area contributed by atoms with Crippen molar-refractivity contribution in [2.75, 3.05) is 0 Å². The molecule has 0 aromatic heterocycles. The quantitative estimate of drug-likeness (QED) is 0.626. The molecular weight excluding hydrogens is 270 g/mol. The van der Waals surface area contributed by atoms with Crippen molar-refractivity contribution in [2.24, 2.45) is 5.73 Å². The number of primary amides is 1. The van der Waals surface area contributed by atoms with Crippen LogP contribution in [0.3, 0.4) is 0 Å². The second-order valence-corrected chi connectivity index (χ2v) is 4.60. The molecule has 2 rings (SSSR count). The van der Waals surface area contributed by atoms with Crippen molar-refractivity contribution in [3.8, 4) is 0 Å². The minimum absolute atomic E-state index is 0.0741. The van der Waals surface area contributed by atoms with E-state index >= 15 is 0 Å². The normalized spacial score (nSPS) is 10.3. The lowest BCUT2D eigenvalue weighted by Gasteiger charge is -2.06. The molecule has 0 radical (unpaired) electrons. The molecule has 0 saturated heterocycles. The topological polar surface area (TPSA) is 98.3 Å². The number of rotatable bonds is 6. The third-order valence-corrected chi connectivity index (χ3v) is 2.99. The smallest absolute Gasteiger partial charge is 0.269 e. The highest BCUT2D eigenvalue weighted by Gasteiger charge is 2.05. The molecule has 21 heavy (non-hydrogen) atoms. The van der Waals surface area contributed by atoms with Gasteiger partial charge >= 0.3 is 0 Å². The van der Waals surface area contributed by atoms with Gasteiger partial charge in [-0.1, -0.05) is 24.3 Å². The summed E-state index contributed by atoms with van der Waals surface area (Å²) in [5.74, 6) is -0.462. The number of carbonyl (C=O) groups excluding carboxylic acids is 1. The molecule has 6 nitrogen and oxygen atoms in total. The standard InChI is InChI=1S/C15H15N3O3/c16-15(19)13-5-1-3-11(7-13)9-17-10-12-4-2-6-14(8-12)18(20)21/h1-8,17H,9-10H2,(H2,16,19). The van der Waals surface area contributed by atoms with Gasteiger partial charge in [0, 0.05) is 30.8 Å². The first-order valence-electron chi connectivity index (χ1n) is 6.39. The fourth-order valence-electron chi connectivity index (χ4n) is 1.97. The van der Waals surface area contributed by atoms with E-state index in [1.807, 2.05) is 12.1 Å². The van der Waals surface area contributed by atoms with Crippen molar-refractivity contribution in [2.45, 2.75) is 13.1 Å². The fraction of sp³-hybridized carbons (Fsp3) is 0.133. The van der Waals surface area contributed by atoms with Crippen LogP contribution >= 0.6 is 0 Å². The van der Waals surface area contributed by atoms with Gasteiger partial charge in [0.2, 0.25) is 5.91 Å². The van der Waals surface area contributed by atoms with Crippen LogP contribution in [0.5, 0.6) is 0 Å². The molecule has 6 heteroatoms. The Morgan fingerprint density at radius 3 is 2.33 bits per heavy atom. The summed E-state index contributed by atoms with van der Waals surface area (Å²) in [4.78, 5) is 21.4. The number of nitrogens with one attached hydrogen (secondary N) is 1. The van der Waals surface area contributed by atoms with E-state index in [0.717, 1.165) is 11.1 Å². The van der Waals surface area contributed by atoms with Crippen molar-refractivity contribution < 1.29 is 9.72 Å². The molecule has 3 N–H and O–H groups in total. The van der Waals surface area contributed by atoms with E-state index in [0.29, 0.717) is 18.7 Å². The van der Waals surface area contributed by atoms with Gasteiger partial charge in [-0.15, -0.1) is 0 Å². The van der Waals surface area contributed by atoms with Crippen LogP contribution < -0.4 is 11.1 Å². The van der Waals surface area contributed by atoms with Gasteiger partial charge in [-0.3, -0.25) is 14.9 Å². The molecule has 0 aliphatic heterocycles. The lowest BCUT2D eigenvalue weighted by molar-refractivity contribution is -0.384. The molecule has 2 aromatic rings. The van der Waals surface area contributed by atoms with Gasteiger partial charge < -0.3 is 11.1 Å². The van der Waals surface area contributed by atoms with E-state index in [1.165, 1.54) is 12.1 Å². The Kier molecular flexibility index (Phi) is 4.63. The van der Waals surface area contributed by atoms with Crippen molar-refractivity contribution in [1.29, 1.82) is 0 Å². The first-order chi connectivity index (χ1) is 10.1. The number of hydrogen-bond donors (Lipinski definition) is 2. The zero-order valence-corrected chi connectivity index (χ0v) is 11.3. The van der Waals surface area contributed by atoms with Crippen molar-refractivity contribution in [3.05, 3.63) is 75.3 Å². The Bertz CT molecular complexity index is 613. The van der Waals surface area contributed by atoms with Gasteiger partial charge in [0.25, 0.3) is 5.69 Å². The van der Waals surface area contributed by atoms with Gasteiger partial charge in [0.1, 0.15) is 0 Å². The predicted octanol–water partition coefficient (Wildman–Crippen LogP) is 1.98. The number of benzene rings is 2. The van der Waals surface area contributed by atoms with Crippen LogP contribution in [0.15, 0.2) is 48.5 Å². The molecule has 0 spiro atoms. The summed E-state index contributed by atoms with van der Waals surface area (Å²) in [7, 11) is 0. The SMILES string of the molecule is NC(=O)c1cccc(CNCc2cccc([N+](=O)[O-])c2)c1. The molecule has 0 saturated carbocycles. The molecule has 0 unspecified atom stereocenters. The number of nitrogens with two attached hydrogens (primary N) is 1. The zero-order valence-electron chi connectivity index (χ0n) is 11.3. The molecule has 0 atom stereocenters. The monoisotopic (exact) mass is 285 g/mol. The lowest BCUT2D eigenvalue weighted by atomic mass is 10.1. The second-order valence-electron chi connectivity index (χ2n) is 4.60. The van der Waals surface area contributed by atoms with Gasteiger partial charge in [-0.2, -0.15) is 0 Å². The number of nitro benzene ring substituents is 1. The molecule has 2 aromatic carbocycles. The summed E-state index contributed by atoms with van der Waals surface area (Å²) in [6, 6.07) is 13.5. The zero-order chi connectivity index (χ0) is 15.2. The molecule has 0 fully saturated rings. The summed E-state index contributed by atoms with van der Waals surface area (Å²) in [6.45, 7) is 1.05. The third-order valence-electron chi connectivity index (χ3n) is 2.99. The first-order valence-corrected chi connectivity index (χ1v) is 6.39. The van der Waals surface area contributed by atoms with Crippen LogP contribution in [0.4, 0.5) is 5.69 Å². The van der Waals surface area contributed by atoms with Crippen LogP contribution in [0, 0.1) is 10.1 Å². The van der Waals surface area contributed by atoms with Crippen LogP contribution in [-0.4, -0.2) is 10.8 Å². The third kappa shape index (κ3) is 4.12. The molecule has 108 valence electrons. The molecular formula is C15H15N3O3. The van der Waals surface area contributed by atoms with Gasteiger partial charge in [0.05, 0.1) is 4.92 Å². The number of non-ortho nitro benzene ring substituents is 1. The maximum atomic E-state index is 11.1. The second kappa shape index (κ2) is 6.62. The van der Waals surface area contributed by atoms with E-state index < -0.39 is 10.8 Å². The number of nitrogens with zero attached hydrogens (tertiary/aromatic N) is 1. The van der Waals surface area contributed by atoms with E-state index in [2.05, 4.69) is 5.32 Å². The molecule has 0 aliphatic carbocycles. The number of amides is 1. The Labute approximate surface area is 121 Å². The highest BCUT2D eigenvalue weighted by molar-refractivity contribution is 5.92. The molecule has 0 bridgehead atoms. The predicted molar refractivity (Wildman–Crippen MR) is 78.6 cm³/mol. The van der Waals surface area contributed by atoms with E-state index in [-0.39, 0.29) is 5.69 Å². The maximum absolute atomic E-state index is 11.1. The van der Waals surface area contributed by atoms with Crippen LogP contribution in [0.2, 0.25) is 0 Å². The summed E-state index contributed by atoms with van der Waals surface area (Å²) in [6.07, 6.45) is 0. The molecule has 1 amide bonds. The molecule has 0 aliphatic rings. The van der Waals surface area contributed by atoms with E-state index in [1.54, 1.807) is 24.3 Å². The first kappa shape index (κ1) is 14.7. The summed E-state index contributed by atoms with van der Waals surface area (Å²) in [5.41, 5.74) is 7.52. The molecule has 0 heterocycles. The van der Waals surface area contributed by atoms with Gasteiger partial charge in [-0.05, 0) is 23.3 Å². The average molecular weight is 285 g/mol. The van der Waals surface area contributed by atoms with E-state index in [9.17, 15) is 14.9 Å². The van der Waals surface area contributed by atoms with E-state index in [4.69, 9.17) is 5.73 Å². The Hall–Kier alpha value is -2.73. The lowest BCUT2D eigenvalue weighted by Crippen LogP contribution is -2.15. The number of carbonyl (C=O) groups is 1.